The number of alkyl halides is 3. The van der Waals surface area contributed by atoms with E-state index in [1.807, 2.05) is 30.5 Å². The molecule has 2 rings (SSSR count). The summed E-state index contributed by atoms with van der Waals surface area (Å²) in [6.45, 7) is 9.70. The molecule has 8 nitrogen and oxygen atoms in total. The molecular formula is C26H40F3N5O3. The van der Waals surface area contributed by atoms with Gasteiger partial charge >= 0.3 is 12.1 Å². The number of rotatable bonds is 12. The van der Waals surface area contributed by atoms with Gasteiger partial charge in [-0.1, -0.05) is 26.8 Å². The van der Waals surface area contributed by atoms with Crippen LogP contribution in [0.3, 0.4) is 0 Å². The van der Waals surface area contributed by atoms with Gasteiger partial charge in [-0.15, -0.1) is 0 Å². The van der Waals surface area contributed by atoms with Gasteiger partial charge in [-0.05, 0) is 55.2 Å². The smallest absolute Gasteiger partial charge is 0.450 e. The molecule has 1 aromatic carbocycles. The summed E-state index contributed by atoms with van der Waals surface area (Å²) in [6, 6.07) is 6.11. The van der Waals surface area contributed by atoms with Crippen molar-refractivity contribution in [1.82, 2.24) is 5.43 Å². The summed E-state index contributed by atoms with van der Waals surface area (Å²) in [5.74, 6) is -1.34. The Labute approximate surface area is 217 Å². The van der Waals surface area contributed by atoms with Crippen molar-refractivity contribution in [3.05, 3.63) is 23.8 Å². The van der Waals surface area contributed by atoms with E-state index in [9.17, 15) is 18.0 Å². The van der Waals surface area contributed by atoms with Crippen molar-refractivity contribution in [1.29, 1.82) is 0 Å². The SMILES string of the molecule is C=NN/C(=N\CNc1cc(C(C)CC(=O)OC)ccc1N(CC(C)C)C1CCC(OC)CC1)C(F)(F)F. The Hall–Kier alpha value is -2.82. The van der Waals surface area contributed by atoms with Crippen molar-refractivity contribution in [2.24, 2.45) is 16.0 Å². The van der Waals surface area contributed by atoms with E-state index in [0.717, 1.165) is 43.5 Å². The lowest BCUT2D eigenvalue weighted by atomic mass is 9.90. The molecule has 0 aromatic heterocycles. The summed E-state index contributed by atoms with van der Waals surface area (Å²) in [6.07, 6.45) is -0.438. The number of aliphatic imine (C=N–C) groups is 1. The normalized spacial score (nSPS) is 19.3. The highest BCUT2D eigenvalue weighted by atomic mass is 19.4. The number of ether oxygens (including phenoxy) is 2. The molecule has 37 heavy (non-hydrogen) atoms. The highest BCUT2D eigenvalue weighted by Crippen LogP contribution is 2.36. The zero-order valence-corrected chi connectivity index (χ0v) is 22.4. The lowest BCUT2D eigenvalue weighted by Crippen LogP contribution is -2.42. The third-order valence-corrected chi connectivity index (χ3v) is 6.54. The number of nitrogens with one attached hydrogen (secondary N) is 2. The molecule has 0 amide bonds. The third-order valence-electron chi connectivity index (χ3n) is 6.54. The number of hydrogen-bond donors (Lipinski definition) is 2. The number of carbonyl (C=O) groups is 1. The molecular weight excluding hydrogens is 487 g/mol. The fourth-order valence-corrected chi connectivity index (χ4v) is 4.60. The first-order chi connectivity index (χ1) is 17.5. The van der Waals surface area contributed by atoms with Crippen LogP contribution in [0.15, 0.2) is 28.3 Å². The number of methoxy groups -OCH3 is 2. The van der Waals surface area contributed by atoms with Crippen LogP contribution in [0.5, 0.6) is 0 Å². The van der Waals surface area contributed by atoms with E-state index in [4.69, 9.17) is 9.47 Å². The maximum absolute atomic E-state index is 13.2. The molecule has 0 bridgehead atoms. The van der Waals surface area contributed by atoms with Gasteiger partial charge in [-0.2, -0.15) is 18.3 Å². The van der Waals surface area contributed by atoms with E-state index < -0.39 is 12.0 Å². The van der Waals surface area contributed by atoms with Crippen molar-refractivity contribution in [2.45, 2.75) is 77.1 Å². The van der Waals surface area contributed by atoms with Gasteiger partial charge in [-0.3, -0.25) is 10.2 Å². The predicted molar refractivity (Wildman–Crippen MR) is 141 cm³/mol. The number of anilines is 2. The van der Waals surface area contributed by atoms with Gasteiger partial charge in [-0.25, -0.2) is 4.99 Å². The predicted octanol–water partition coefficient (Wildman–Crippen LogP) is 5.31. The van der Waals surface area contributed by atoms with Crippen LogP contribution in [-0.4, -0.2) is 64.3 Å². The molecule has 1 atom stereocenters. The summed E-state index contributed by atoms with van der Waals surface area (Å²) in [7, 11) is 3.08. The van der Waals surface area contributed by atoms with Crippen molar-refractivity contribution in [2.75, 3.05) is 37.6 Å². The molecule has 2 N–H and O–H groups in total. The zero-order valence-electron chi connectivity index (χ0n) is 22.4. The molecule has 0 saturated heterocycles. The number of benzene rings is 1. The molecule has 0 spiro atoms. The van der Waals surface area contributed by atoms with Crippen LogP contribution in [0.4, 0.5) is 24.5 Å². The van der Waals surface area contributed by atoms with E-state index in [2.05, 4.69) is 40.9 Å². The van der Waals surface area contributed by atoms with Gasteiger partial charge in [0.25, 0.3) is 0 Å². The Balaban J connectivity index is 2.43. The highest BCUT2D eigenvalue weighted by Gasteiger charge is 2.36. The summed E-state index contributed by atoms with van der Waals surface area (Å²) < 4.78 is 50.1. The van der Waals surface area contributed by atoms with Crippen molar-refractivity contribution in [3.8, 4) is 0 Å². The van der Waals surface area contributed by atoms with Gasteiger partial charge < -0.3 is 19.7 Å². The Morgan fingerprint density at radius 3 is 2.41 bits per heavy atom. The number of hydrazone groups is 1. The Bertz CT molecular complexity index is 915. The number of halogens is 3. The van der Waals surface area contributed by atoms with E-state index in [0.29, 0.717) is 11.6 Å². The molecule has 0 heterocycles. The first-order valence-corrected chi connectivity index (χ1v) is 12.6. The third kappa shape index (κ3) is 9.21. The summed E-state index contributed by atoms with van der Waals surface area (Å²) >= 11 is 0. The van der Waals surface area contributed by atoms with Crippen molar-refractivity contribution >= 4 is 29.9 Å². The van der Waals surface area contributed by atoms with Crippen LogP contribution in [0, 0.1) is 5.92 Å². The van der Waals surface area contributed by atoms with Gasteiger partial charge in [0.15, 0.2) is 0 Å². The molecule has 208 valence electrons. The van der Waals surface area contributed by atoms with Crippen molar-refractivity contribution in [3.63, 3.8) is 0 Å². The number of esters is 1. The average Bonchev–Trinajstić information content (AvgIpc) is 2.86. The minimum Gasteiger partial charge on any atom is -0.469 e. The number of hydrogen-bond acceptors (Lipinski definition) is 7. The lowest BCUT2D eigenvalue weighted by Gasteiger charge is -2.40. The molecule has 0 radical (unpaired) electrons. The second-order valence-electron chi connectivity index (χ2n) is 9.78. The van der Waals surface area contributed by atoms with Gasteiger partial charge in [0, 0.05) is 26.4 Å². The monoisotopic (exact) mass is 527 g/mol. The minimum absolute atomic E-state index is 0.140. The quantitative estimate of drug-likeness (QED) is 0.166. The molecule has 1 saturated carbocycles. The van der Waals surface area contributed by atoms with Crippen LogP contribution >= 0.6 is 0 Å². The second kappa shape index (κ2) is 14.2. The molecule has 1 aromatic rings. The molecule has 1 aliphatic carbocycles. The van der Waals surface area contributed by atoms with Crippen LogP contribution in [0.1, 0.15) is 64.4 Å². The summed E-state index contributed by atoms with van der Waals surface area (Å²) in [5.41, 5.74) is 4.23. The van der Waals surface area contributed by atoms with E-state index >= 15 is 0 Å². The van der Waals surface area contributed by atoms with Crippen LogP contribution < -0.4 is 15.6 Å². The maximum atomic E-state index is 13.2. The molecule has 11 heteroatoms. The first kappa shape index (κ1) is 30.4. The zero-order chi connectivity index (χ0) is 27.6. The lowest BCUT2D eigenvalue weighted by molar-refractivity contribution is -0.141. The van der Waals surface area contributed by atoms with Crippen LogP contribution in [0.25, 0.3) is 0 Å². The van der Waals surface area contributed by atoms with E-state index in [1.165, 1.54) is 7.11 Å². The number of amidine groups is 1. The Kier molecular flexibility index (Phi) is 11.7. The fraction of sp³-hybridized carbons (Fsp3) is 0.654. The van der Waals surface area contributed by atoms with Gasteiger partial charge in [0.05, 0.1) is 31.0 Å². The topological polar surface area (TPSA) is 87.5 Å². The fourth-order valence-electron chi connectivity index (χ4n) is 4.60. The first-order valence-electron chi connectivity index (χ1n) is 12.6. The highest BCUT2D eigenvalue weighted by molar-refractivity contribution is 5.87. The summed E-state index contributed by atoms with van der Waals surface area (Å²) in [5, 5.41) is 6.19. The second-order valence-corrected chi connectivity index (χ2v) is 9.78. The van der Waals surface area contributed by atoms with Crippen molar-refractivity contribution < 1.29 is 27.4 Å². The molecule has 1 fully saturated rings. The number of carbonyl (C=O) groups excluding carboxylic acids is 1. The van der Waals surface area contributed by atoms with Gasteiger partial charge in [0.2, 0.25) is 5.84 Å². The van der Waals surface area contributed by atoms with E-state index in [-0.39, 0.29) is 37.1 Å². The van der Waals surface area contributed by atoms with Crippen LogP contribution in [-0.2, 0) is 14.3 Å². The Morgan fingerprint density at radius 1 is 1.19 bits per heavy atom. The summed E-state index contributed by atoms with van der Waals surface area (Å²) in [4.78, 5) is 17.8. The maximum Gasteiger partial charge on any atom is 0.450 e. The van der Waals surface area contributed by atoms with E-state index in [1.54, 1.807) is 7.11 Å². The molecule has 1 aliphatic rings. The largest absolute Gasteiger partial charge is 0.469 e. The standard InChI is InChI=1S/C26H40F3N5O3/c1-17(2)15-34(20-8-10-21(36-5)11-9-20)23-12-7-19(18(3)13-24(35)37-6)14-22(23)31-16-32-25(33-30-4)26(27,28)29/h7,12,14,17-18,20-21,31H,4,8-11,13,15-16H2,1-3,5-6H3,(H,32,33). The Morgan fingerprint density at radius 2 is 1.86 bits per heavy atom. The van der Waals surface area contributed by atoms with Crippen LogP contribution in [0.2, 0.25) is 0 Å². The van der Waals surface area contributed by atoms with Gasteiger partial charge in [0.1, 0.15) is 6.67 Å². The average molecular weight is 528 g/mol. The molecule has 1 unspecified atom stereocenters. The molecule has 0 aliphatic heterocycles. The minimum atomic E-state index is -4.69. The number of nitrogens with zero attached hydrogens (tertiary/aromatic N) is 3.